The van der Waals surface area contributed by atoms with E-state index in [0.29, 0.717) is 0 Å². The molecular formula is C13H17NS. The first-order valence-electron chi connectivity index (χ1n) is 5.27. The van der Waals surface area contributed by atoms with E-state index in [0.717, 1.165) is 10.7 Å². The van der Waals surface area contributed by atoms with Crippen molar-refractivity contribution in [1.82, 2.24) is 4.98 Å². The van der Waals surface area contributed by atoms with Gasteiger partial charge in [-0.15, -0.1) is 11.3 Å². The Morgan fingerprint density at radius 2 is 1.60 bits per heavy atom. The van der Waals surface area contributed by atoms with E-state index in [-0.39, 0.29) is 0 Å². The molecule has 1 heterocycles. The zero-order valence-electron chi connectivity index (χ0n) is 9.74. The molecule has 0 saturated carbocycles. The van der Waals surface area contributed by atoms with E-state index < -0.39 is 0 Å². The summed E-state index contributed by atoms with van der Waals surface area (Å²) in [7, 11) is 0. The largest absolute Gasteiger partial charge is 0.246 e. The van der Waals surface area contributed by atoms with Gasteiger partial charge in [-0.1, -0.05) is 44.2 Å². The molecule has 0 aliphatic carbocycles. The predicted octanol–water partition coefficient (Wildman–Crippen LogP) is 4.45. The molecule has 0 aliphatic heterocycles. The Labute approximate surface area is 95.8 Å². The van der Waals surface area contributed by atoms with Crippen molar-refractivity contribution in [3.63, 3.8) is 0 Å². The summed E-state index contributed by atoms with van der Waals surface area (Å²) in [5, 5.41) is 1.14. The molecule has 1 aromatic heterocycles. The molecular weight excluding hydrogens is 202 g/mol. The Morgan fingerprint density at radius 3 is 2.07 bits per heavy atom. The number of hydrogen-bond acceptors (Lipinski definition) is 2. The summed E-state index contributed by atoms with van der Waals surface area (Å²) in [6.07, 6.45) is 0. The van der Waals surface area contributed by atoms with Gasteiger partial charge in [0.25, 0.3) is 0 Å². The molecule has 80 valence electrons. The van der Waals surface area contributed by atoms with E-state index in [1.54, 1.807) is 11.3 Å². The molecule has 0 N–H and O–H groups in total. The van der Waals surface area contributed by atoms with Crippen LogP contribution in [0.4, 0.5) is 0 Å². The van der Waals surface area contributed by atoms with E-state index >= 15 is 0 Å². The maximum absolute atomic E-state index is 4.41. The second kappa shape index (κ2) is 5.66. The van der Waals surface area contributed by atoms with E-state index in [9.17, 15) is 0 Å². The first-order chi connectivity index (χ1) is 7.27. The number of benzene rings is 1. The van der Waals surface area contributed by atoms with Crippen molar-refractivity contribution in [2.24, 2.45) is 0 Å². The molecule has 2 heteroatoms. The molecule has 0 aliphatic rings. The van der Waals surface area contributed by atoms with Crippen LogP contribution in [0.5, 0.6) is 0 Å². The van der Waals surface area contributed by atoms with Crippen LogP contribution in [0.25, 0.3) is 10.4 Å². The second-order valence-corrected chi connectivity index (χ2v) is 4.22. The van der Waals surface area contributed by atoms with Gasteiger partial charge in [-0.2, -0.15) is 0 Å². The van der Waals surface area contributed by atoms with Crippen molar-refractivity contribution >= 4 is 11.3 Å². The molecule has 0 atom stereocenters. The molecule has 1 nitrogen and oxygen atoms in total. The van der Waals surface area contributed by atoms with Crippen LogP contribution in [-0.4, -0.2) is 4.98 Å². The van der Waals surface area contributed by atoms with E-state index in [1.165, 1.54) is 10.4 Å². The fraction of sp³-hybridized carbons (Fsp3) is 0.308. The zero-order chi connectivity index (χ0) is 11.3. The second-order valence-electron chi connectivity index (χ2n) is 3.01. The van der Waals surface area contributed by atoms with Crippen LogP contribution in [-0.2, 0) is 0 Å². The molecule has 0 radical (unpaired) electrons. The van der Waals surface area contributed by atoms with Crippen LogP contribution in [0.3, 0.4) is 0 Å². The molecule has 2 rings (SSSR count). The Balaban J connectivity index is 0.000000531. The maximum Gasteiger partial charge on any atom is 0.0903 e. The Kier molecular flexibility index (Phi) is 4.50. The van der Waals surface area contributed by atoms with Gasteiger partial charge in [0.15, 0.2) is 0 Å². The van der Waals surface area contributed by atoms with Crippen molar-refractivity contribution in [2.75, 3.05) is 0 Å². The van der Waals surface area contributed by atoms with Gasteiger partial charge < -0.3 is 0 Å². The maximum atomic E-state index is 4.41. The lowest BCUT2D eigenvalue weighted by Gasteiger charge is -1.96. The average Bonchev–Trinajstić information content (AvgIpc) is 2.62. The van der Waals surface area contributed by atoms with Crippen LogP contribution in [0.15, 0.2) is 30.3 Å². The van der Waals surface area contributed by atoms with Gasteiger partial charge >= 0.3 is 0 Å². The van der Waals surface area contributed by atoms with Crippen LogP contribution >= 0.6 is 11.3 Å². The van der Waals surface area contributed by atoms with Gasteiger partial charge in [-0.25, -0.2) is 4.98 Å². The quantitative estimate of drug-likeness (QED) is 0.690. The topological polar surface area (TPSA) is 12.9 Å². The summed E-state index contributed by atoms with van der Waals surface area (Å²) in [6, 6.07) is 10.4. The summed E-state index contributed by atoms with van der Waals surface area (Å²) >= 11 is 1.76. The smallest absolute Gasteiger partial charge is 0.0903 e. The fourth-order valence-electron chi connectivity index (χ4n) is 1.39. The molecule has 15 heavy (non-hydrogen) atoms. The molecule has 1 aromatic carbocycles. The van der Waals surface area contributed by atoms with E-state index in [4.69, 9.17) is 0 Å². The van der Waals surface area contributed by atoms with Crippen LogP contribution in [0.2, 0.25) is 0 Å². The summed E-state index contributed by atoms with van der Waals surface area (Å²) in [6.45, 7) is 8.11. The van der Waals surface area contributed by atoms with Gasteiger partial charge in [0.05, 0.1) is 15.6 Å². The summed E-state index contributed by atoms with van der Waals surface area (Å²) in [5.74, 6) is 0. The number of rotatable bonds is 1. The molecule has 0 amide bonds. The summed E-state index contributed by atoms with van der Waals surface area (Å²) in [5.41, 5.74) is 2.40. The van der Waals surface area contributed by atoms with Crippen molar-refractivity contribution in [1.29, 1.82) is 0 Å². The number of aryl methyl sites for hydroxylation is 2. The minimum absolute atomic E-state index is 1.13. The third-order valence-electron chi connectivity index (χ3n) is 1.94. The minimum atomic E-state index is 1.13. The number of nitrogens with zero attached hydrogens (tertiary/aromatic N) is 1. The van der Waals surface area contributed by atoms with E-state index in [1.807, 2.05) is 26.8 Å². The molecule has 0 unspecified atom stereocenters. The third-order valence-corrected chi connectivity index (χ3v) is 3.06. The molecule has 0 saturated heterocycles. The molecule has 0 bridgehead atoms. The van der Waals surface area contributed by atoms with Gasteiger partial charge in [-0.05, 0) is 19.4 Å². The monoisotopic (exact) mass is 219 g/mol. The molecule has 0 fully saturated rings. The lowest BCUT2D eigenvalue weighted by atomic mass is 10.2. The van der Waals surface area contributed by atoms with Crippen molar-refractivity contribution in [3.05, 3.63) is 41.0 Å². The fourth-order valence-corrected chi connectivity index (χ4v) is 2.31. The highest BCUT2D eigenvalue weighted by Crippen LogP contribution is 2.28. The first-order valence-corrected chi connectivity index (χ1v) is 6.08. The highest BCUT2D eigenvalue weighted by molar-refractivity contribution is 7.15. The normalized spacial score (nSPS) is 9.33. The third kappa shape index (κ3) is 2.90. The highest BCUT2D eigenvalue weighted by atomic mass is 32.1. The van der Waals surface area contributed by atoms with Crippen molar-refractivity contribution in [3.8, 4) is 10.4 Å². The van der Waals surface area contributed by atoms with Gasteiger partial charge in [-0.3, -0.25) is 0 Å². The van der Waals surface area contributed by atoms with Gasteiger partial charge in [0.1, 0.15) is 0 Å². The molecule has 0 spiro atoms. The van der Waals surface area contributed by atoms with Crippen LogP contribution < -0.4 is 0 Å². The van der Waals surface area contributed by atoms with Crippen LogP contribution in [0, 0.1) is 13.8 Å². The predicted molar refractivity (Wildman–Crippen MR) is 68.4 cm³/mol. The van der Waals surface area contributed by atoms with Crippen LogP contribution in [0.1, 0.15) is 24.5 Å². The Hall–Kier alpha value is -1.15. The number of thiazole rings is 1. The lowest BCUT2D eigenvalue weighted by molar-refractivity contribution is 1.20. The zero-order valence-corrected chi connectivity index (χ0v) is 10.6. The van der Waals surface area contributed by atoms with Gasteiger partial charge in [0, 0.05) is 0 Å². The summed E-state index contributed by atoms with van der Waals surface area (Å²) < 4.78 is 0. The average molecular weight is 219 g/mol. The summed E-state index contributed by atoms with van der Waals surface area (Å²) in [4.78, 5) is 5.70. The van der Waals surface area contributed by atoms with Gasteiger partial charge in [0.2, 0.25) is 0 Å². The Morgan fingerprint density at radius 1 is 1.00 bits per heavy atom. The minimum Gasteiger partial charge on any atom is -0.246 e. The highest BCUT2D eigenvalue weighted by Gasteiger charge is 2.05. The van der Waals surface area contributed by atoms with Crippen molar-refractivity contribution < 1.29 is 0 Å². The molecule has 2 aromatic rings. The number of hydrogen-bond donors (Lipinski definition) is 0. The first kappa shape index (κ1) is 11.9. The Bertz CT molecular complexity index is 404. The van der Waals surface area contributed by atoms with Crippen molar-refractivity contribution in [2.45, 2.75) is 27.7 Å². The SMILES string of the molecule is CC.Cc1nc(C)c(-c2ccccc2)s1. The van der Waals surface area contributed by atoms with E-state index in [2.05, 4.69) is 36.2 Å². The standard InChI is InChI=1S/C11H11NS.C2H6/c1-8-11(13-9(2)12-8)10-6-4-3-5-7-10;1-2/h3-7H,1-2H3;1-2H3. The number of aromatic nitrogens is 1. The lowest BCUT2D eigenvalue weighted by Crippen LogP contribution is -1.76.